The summed E-state index contributed by atoms with van der Waals surface area (Å²) in [6, 6.07) is 12.6. The maximum atomic E-state index is 12.5. The maximum Gasteiger partial charge on any atom is 0.293 e. The fourth-order valence-electron chi connectivity index (χ4n) is 2.19. The average molecular weight is 443 g/mol. The summed E-state index contributed by atoms with van der Waals surface area (Å²) in [5.74, 6) is -0.344. The van der Waals surface area contributed by atoms with Gasteiger partial charge in [-0.05, 0) is 47.7 Å². The molecule has 1 aliphatic heterocycles. The Balaban J connectivity index is 1.86. The van der Waals surface area contributed by atoms with Gasteiger partial charge in [-0.1, -0.05) is 57.3 Å². The van der Waals surface area contributed by atoms with Gasteiger partial charge in [0.2, 0.25) is 0 Å². The highest BCUT2D eigenvalue weighted by molar-refractivity contribution is 9.10. The number of halogens is 3. The van der Waals surface area contributed by atoms with Gasteiger partial charge >= 0.3 is 0 Å². The molecular weight excluding hydrogens is 433 g/mol. The third-order valence-electron chi connectivity index (χ3n) is 3.40. The van der Waals surface area contributed by atoms with Crippen LogP contribution in [0.5, 0.6) is 0 Å². The summed E-state index contributed by atoms with van der Waals surface area (Å²) in [5.41, 5.74) is 1.41. The van der Waals surface area contributed by atoms with Crippen molar-refractivity contribution in [2.45, 2.75) is 6.54 Å². The molecule has 1 heterocycles. The summed E-state index contributed by atoms with van der Waals surface area (Å²) in [5, 5.41) is 0.557. The smallest absolute Gasteiger partial charge is 0.268 e. The molecule has 2 aromatic carbocycles. The molecule has 0 N–H and O–H groups in total. The number of hydrogen-bond acceptors (Lipinski definition) is 3. The van der Waals surface area contributed by atoms with E-state index < -0.39 is 0 Å². The van der Waals surface area contributed by atoms with Crippen LogP contribution in [0.25, 0.3) is 6.08 Å². The summed E-state index contributed by atoms with van der Waals surface area (Å²) in [6.07, 6.45) is 1.57. The lowest BCUT2D eigenvalue weighted by Gasteiger charge is -2.12. The van der Waals surface area contributed by atoms with Gasteiger partial charge in [0.15, 0.2) is 0 Å². The highest BCUT2D eigenvalue weighted by atomic mass is 79.9. The van der Waals surface area contributed by atoms with Crippen LogP contribution in [0.2, 0.25) is 10.0 Å². The Hall–Kier alpha value is -1.27. The zero-order valence-corrected chi connectivity index (χ0v) is 16.0. The van der Waals surface area contributed by atoms with Crippen LogP contribution in [0, 0.1) is 0 Å². The Morgan fingerprint density at radius 2 is 1.67 bits per heavy atom. The molecule has 0 aromatic heterocycles. The first-order valence-electron chi connectivity index (χ1n) is 6.89. The minimum Gasteiger partial charge on any atom is -0.268 e. The van der Waals surface area contributed by atoms with Gasteiger partial charge in [0.05, 0.1) is 11.4 Å². The molecule has 0 atom stereocenters. The van der Waals surface area contributed by atoms with Crippen LogP contribution in [0.4, 0.5) is 4.79 Å². The topological polar surface area (TPSA) is 37.4 Å². The van der Waals surface area contributed by atoms with Crippen molar-refractivity contribution < 1.29 is 9.59 Å². The molecule has 2 amide bonds. The highest BCUT2D eigenvalue weighted by Crippen LogP contribution is 2.36. The molecule has 1 saturated heterocycles. The molecule has 7 heteroatoms. The minimum atomic E-state index is -0.344. The third-order valence-corrected chi connectivity index (χ3v) is 5.50. The molecule has 3 rings (SSSR count). The second-order valence-electron chi connectivity index (χ2n) is 5.03. The van der Waals surface area contributed by atoms with E-state index in [1.165, 1.54) is 4.90 Å². The quantitative estimate of drug-likeness (QED) is 0.547. The van der Waals surface area contributed by atoms with E-state index in [1.807, 2.05) is 24.3 Å². The standard InChI is InChI=1S/C17H10BrCl2NO2S/c18-11-6-4-10(5-7-11)9-21-16(22)15(24-17(21)23)8-12-13(19)2-1-3-14(12)20/h1-8H,9H2/b15-8-. The highest BCUT2D eigenvalue weighted by Gasteiger charge is 2.35. The van der Waals surface area contributed by atoms with Crippen LogP contribution in [-0.4, -0.2) is 16.0 Å². The number of nitrogens with zero attached hydrogens (tertiary/aromatic N) is 1. The number of thioether (sulfide) groups is 1. The summed E-state index contributed by atoms with van der Waals surface area (Å²) in [7, 11) is 0. The molecule has 122 valence electrons. The maximum absolute atomic E-state index is 12.5. The first-order chi connectivity index (χ1) is 11.5. The molecule has 3 nitrogen and oxygen atoms in total. The van der Waals surface area contributed by atoms with Crippen molar-refractivity contribution in [3.05, 3.63) is 73.0 Å². The first kappa shape index (κ1) is 17.5. The van der Waals surface area contributed by atoms with E-state index in [2.05, 4.69) is 15.9 Å². The molecule has 0 spiro atoms. The average Bonchev–Trinajstić information content (AvgIpc) is 2.80. The normalized spacial score (nSPS) is 16.3. The molecule has 0 bridgehead atoms. The lowest BCUT2D eigenvalue weighted by atomic mass is 10.2. The van der Waals surface area contributed by atoms with Crippen LogP contribution in [-0.2, 0) is 11.3 Å². The van der Waals surface area contributed by atoms with Crippen molar-refractivity contribution in [2.75, 3.05) is 0 Å². The molecule has 0 saturated carbocycles. The van der Waals surface area contributed by atoms with Crippen molar-refractivity contribution in [3.63, 3.8) is 0 Å². The molecular formula is C17H10BrCl2NO2S. The van der Waals surface area contributed by atoms with Gasteiger partial charge in [-0.25, -0.2) is 0 Å². The molecule has 1 aliphatic rings. The zero-order chi connectivity index (χ0) is 17.3. The van der Waals surface area contributed by atoms with Crippen molar-refractivity contribution >= 4 is 68.1 Å². The van der Waals surface area contributed by atoms with Gasteiger partial charge in [0, 0.05) is 20.1 Å². The lowest BCUT2D eigenvalue weighted by molar-refractivity contribution is -0.123. The van der Waals surface area contributed by atoms with E-state index in [1.54, 1.807) is 24.3 Å². The summed E-state index contributed by atoms with van der Waals surface area (Å²) in [4.78, 5) is 26.2. The zero-order valence-electron chi connectivity index (χ0n) is 12.1. The van der Waals surface area contributed by atoms with E-state index in [-0.39, 0.29) is 17.7 Å². The minimum absolute atomic E-state index is 0.228. The monoisotopic (exact) mass is 441 g/mol. The van der Waals surface area contributed by atoms with Gasteiger partial charge in [-0.2, -0.15) is 0 Å². The number of carbonyl (C=O) groups excluding carboxylic acids is 2. The number of carbonyl (C=O) groups is 2. The third kappa shape index (κ3) is 3.70. The summed E-state index contributed by atoms with van der Waals surface area (Å²) < 4.78 is 0.939. The summed E-state index contributed by atoms with van der Waals surface area (Å²) in [6.45, 7) is 0.228. The van der Waals surface area contributed by atoms with E-state index >= 15 is 0 Å². The van der Waals surface area contributed by atoms with Gasteiger partial charge < -0.3 is 0 Å². The largest absolute Gasteiger partial charge is 0.293 e. The van der Waals surface area contributed by atoms with Gasteiger partial charge in [-0.3, -0.25) is 14.5 Å². The summed E-state index contributed by atoms with van der Waals surface area (Å²) >= 11 is 16.5. The predicted octanol–water partition coefficient (Wildman–Crippen LogP) is 5.99. The van der Waals surface area contributed by atoms with Crippen LogP contribution in [0.15, 0.2) is 51.8 Å². The van der Waals surface area contributed by atoms with E-state index in [4.69, 9.17) is 23.2 Å². The number of hydrogen-bond donors (Lipinski definition) is 0. The first-order valence-corrected chi connectivity index (χ1v) is 9.26. The molecule has 0 unspecified atom stereocenters. The predicted molar refractivity (Wildman–Crippen MR) is 102 cm³/mol. The Morgan fingerprint density at radius 3 is 2.29 bits per heavy atom. The Kier molecular flexibility index (Phi) is 5.35. The molecule has 24 heavy (non-hydrogen) atoms. The van der Waals surface area contributed by atoms with E-state index in [0.29, 0.717) is 20.5 Å². The second kappa shape index (κ2) is 7.31. The fourth-order valence-corrected chi connectivity index (χ4v) is 3.78. The Bertz CT molecular complexity index is 832. The van der Waals surface area contributed by atoms with Gasteiger partial charge in [0.1, 0.15) is 0 Å². The molecule has 2 aromatic rings. The van der Waals surface area contributed by atoms with Crippen molar-refractivity contribution in [3.8, 4) is 0 Å². The van der Waals surface area contributed by atoms with Crippen LogP contribution >= 0.6 is 50.9 Å². The van der Waals surface area contributed by atoms with Crippen LogP contribution in [0.1, 0.15) is 11.1 Å². The van der Waals surface area contributed by atoms with Crippen molar-refractivity contribution in [1.29, 1.82) is 0 Å². The number of amides is 2. The van der Waals surface area contributed by atoms with E-state index in [0.717, 1.165) is 21.8 Å². The SMILES string of the molecule is O=C1S/C(=C\c2c(Cl)cccc2Cl)C(=O)N1Cc1ccc(Br)cc1. The lowest BCUT2D eigenvalue weighted by Crippen LogP contribution is -2.27. The molecule has 0 radical (unpaired) electrons. The van der Waals surface area contributed by atoms with Crippen LogP contribution < -0.4 is 0 Å². The van der Waals surface area contributed by atoms with Crippen molar-refractivity contribution in [1.82, 2.24) is 4.90 Å². The number of benzene rings is 2. The second-order valence-corrected chi connectivity index (χ2v) is 7.75. The Morgan fingerprint density at radius 1 is 1.04 bits per heavy atom. The van der Waals surface area contributed by atoms with Gasteiger partial charge in [-0.15, -0.1) is 0 Å². The van der Waals surface area contributed by atoms with E-state index in [9.17, 15) is 9.59 Å². The Labute approximate surface area is 161 Å². The fraction of sp³-hybridized carbons (Fsp3) is 0.0588. The molecule has 1 fully saturated rings. The number of rotatable bonds is 3. The van der Waals surface area contributed by atoms with Crippen molar-refractivity contribution in [2.24, 2.45) is 0 Å². The van der Waals surface area contributed by atoms with Crippen LogP contribution in [0.3, 0.4) is 0 Å². The molecule has 0 aliphatic carbocycles. The van der Waals surface area contributed by atoms with Gasteiger partial charge in [0.25, 0.3) is 11.1 Å². The number of imide groups is 1.